The highest BCUT2D eigenvalue weighted by atomic mass is 16.6. The van der Waals surface area contributed by atoms with Crippen molar-refractivity contribution in [1.82, 2.24) is 9.88 Å². The first kappa shape index (κ1) is 20.2. The Labute approximate surface area is 176 Å². The number of nitrogens with zero attached hydrogens (tertiary/aromatic N) is 2. The van der Waals surface area contributed by atoms with Crippen LogP contribution in [0.5, 0.6) is 11.5 Å². The maximum absolute atomic E-state index is 12.7. The van der Waals surface area contributed by atoms with Crippen LogP contribution >= 0.6 is 0 Å². The Morgan fingerprint density at radius 2 is 1.90 bits per heavy atom. The lowest BCUT2D eigenvalue weighted by Crippen LogP contribution is -2.39. The van der Waals surface area contributed by atoms with Gasteiger partial charge in [-0.1, -0.05) is 30.3 Å². The van der Waals surface area contributed by atoms with Crippen LogP contribution in [0, 0.1) is 6.92 Å². The van der Waals surface area contributed by atoms with Gasteiger partial charge in [-0.05, 0) is 44.7 Å². The number of rotatable bonds is 6. The van der Waals surface area contributed by atoms with Crippen molar-refractivity contribution in [2.45, 2.75) is 26.5 Å². The molecule has 6 nitrogen and oxygen atoms in total. The van der Waals surface area contributed by atoms with Crippen LogP contribution in [-0.4, -0.2) is 48.8 Å². The van der Waals surface area contributed by atoms with Crippen LogP contribution in [-0.2, 0) is 11.3 Å². The van der Waals surface area contributed by atoms with Crippen LogP contribution in [0.2, 0.25) is 0 Å². The van der Waals surface area contributed by atoms with Gasteiger partial charge in [-0.25, -0.2) is 4.79 Å². The number of fused-ring (bicyclic) bond motifs is 2. The normalized spacial score (nSPS) is 15.4. The zero-order valence-corrected chi connectivity index (χ0v) is 17.6. The Bertz CT molecular complexity index is 1070. The molecule has 6 heteroatoms. The molecule has 0 amide bonds. The fourth-order valence-corrected chi connectivity index (χ4v) is 3.85. The summed E-state index contributed by atoms with van der Waals surface area (Å²) in [6.45, 7) is 5.72. The van der Waals surface area contributed by atoms with Crippen molar-refractivity contribution in [1.29, 1.82) is 0 Å². The Balaban J connectivity index is 1.56. The first-order valence-electron chi connectivity index (χ1n) is 10.2. The predicted molar refractivity (Wildman–Crippen MR) is 115 cm³/mol. The predicted octanol–water partition coefficient (Wildman–Crippen LogP) is 3.99. The summed E-state index contributed by atoms with van der Waals surface area (Å²) in [7, 11) is 1.99. The number of aryl methyl sites for hydroxylation is 1. The van der Waals surface area contributed by atoms with Crippen molar-refractivity contribution in [3.8, 4) is 11.5 Å². The second-order valence-corrected chi connectivity index (χ2v) is 7.49. The topological polar surface area (TPSA) is 60.9 Å². The van der Waals surface area contributed by atoms with Crippen LogP contribution in [0.1, 0.15) is 28.5 Å². The highest BCUT2D eigenvalue weighted by molar-refractivity contribution is 5.98. The Hall–Kier alpha value is -3.12. The van der Waals surface area contributed by atoms with Crippen molar-refractivity contribution in [3.05, 3.63) is 65.4 Å². The van der Waals surface area contributed by atoms with Gasteiger partial charge in [0.15, 0.2) is 11.5 Å². The third-order valence-electron chi connectivity index (χ3n) is 5.21. The van der Waals surface area contributed by atoms with Crippen LogP contribution in [0.3, 0.4) is 0 Å². The molecule has 2 aromatic carbocycles. The maximum atomic E-state index is 12.7. The zero-order valence-electron chi connectivity index (χ0n) is 17.6. The highest BCUT2D eigenvalue weighted by Gasteiger charge is 2.24. The number of benzene rings is 2. The quantitative estimate of drug-likeness (QED) is 0.577. The third kappa shape index (κ3) is 4.09. The number of para-hydroxylation sites is 3. The summed E-state index contributed by atoms with van der Waals surface area (Å²) in [5.41, 5.74) is 3.03. The van der Waals surface area contributed by atoms with Crippen LogP contribution in [0.25, 0.3) is 10.9 Å². The van der Waals surface area contributed by atoms with Gasteiger partial charge in [0, 0.05) is 18.5 Å². The molecule has 1 unspecified atom stereocenters. The average molecular weight is 406 g/mol. The summed E-state index contributed by atoms with van der Waals surface area (Å²) in [6, 6.07) is 15.5. The van der Waals surface area contributed by atoms with E-state index in [0.717, 1.165) is 28.0 Å². The van der Waals surface area contributed by atoms with Gasteiger partial charge in [-0.2, -0.15) is 0 Å². The number of likely N-dealkylation sites (N-methyl/N-ethyl adjacent to an activating group) is 1. The lowest BCUT2D eigenvalue weighted by atomic mass is 10.0. The van der Waals surface area contributed by atoms with Gasteiger partial charge in [0.1, 0.15) is 12.7 Å². The minimum atomic E-state index is -0.331. The molecule has 1 atom stereocenters. The van der Waals surface area contributed by atoms with Gasteiger partial charge in [0.05, 0.1) is 23.4 Å². The first-order valence-corrected chi connectivity index (χ1v) is 10.2. The van der Waals surface area contributed by atoms with E-state index in [1.54, 1.807) is 0 Å². The summed E-state index contributed by atoms with van der Waals surface area (Å²) >= 11 is 0. The van der Waals surface area contributed by atoms with E-state index in [0.29, 0.717) is 37.6 Å². The minimum absolute atomic E-state index is 0.0995. The maximum Gasteiger partial charge on any atom is 0.340 e. The molecule has 0 saturated carbocycles. The summed E-state index contributed by atoms with van der Waals surface area (Å²) in [5, 5.41) is 0.965. The fourth-order valence-electron chi connectivity index (χ4n) is 3.85. The van der Waals surface area contributed by atoms with Crippen LogP contribution < -0.4 is 9.47 Å². The first-order chi connectivity index (χ1) is 14.6. The minimum Gasteiger partial charge on any atom is -0.486 e. The third-order valence-corrected chi connectivity index (χ3v) is 5.21. The Morgan fingerprint density at radius 1 is 1.17 bits per heavy atom. The van der Waals surface area contributed by atoms with E-state index in [-0.39, 0.29) is 12.1 Å². The molecular formula is C24H26N2O4. The summed E-state index contributed by atoms with van der Waals surface area (Å²) < 4.78 is 17.2. The van der Waals surface area contributed by atoms with Crippen molar-refractivity contribution in [2.75, 3.05) is 26.8 Å². The summed E-state index contributed by atoms with van der Waals surface area (Å²) in [5.74, 6) is 1.20. The Morgan fingerprint density at radius 3 is 2.70 bits per heavy atom. The van der Waals surface area contributed by atoms with Gasteiger partial charge in [-0.3, -0.25) is 9.88 Å². The number of hydrogen-bond donors (Lipinski definition) is 0. The van der Waals surface area contributed by atoms with Crippen molar-refractivity contribution < 1.29 is 19.0 Å². The van der Waals surface area contributed by atoms with E-state index < -0.39 is 0 Å². The smallest absolute Gasteiger partial charge is 0.340 e. The summed E-state index contributed by atoms with van der Waals surface area (Å²) in [6.07, 6.45) is -0.0995. The molecule has 0 bridgehead atoms. The zero-order chi connectivity index (χ0) is 21.1. The van der Waals surface area contributed by atoms with Gasteiger partial charge >= 0.3 is 5.97 Å². The second kappa shape index (κ2) is 8.71. The van der Waals surface area contributed by atoms with E-state index in [9.17, 15) is 4.79 Å². The van der Waals surface area contributed by atoms with Gasteiger partial charge in [0.25, 0.3) is 0 Å². The second-order valence-electron chi connectivity index (χ2n) is 7.49. The Kier molecular flexibility index (Phi) is 5.86. The van der Waals surface area contributed by atoms with Crippen molar-refractivity contribution in [3.63, 3.8) is 0 Å². The number of carbonyl (C=O) groups is 1. The largest absolute Gasteiger partial charge is 0.486 e. The molecule has 4 rings (SSSR count). The van der Waals surface area contributed by atoms with Crippen molar-refractivity contribution >= 4 is 16.9 Å². The van der Waals surface area contributed by atoms with E-state index in [1.807, 2.05) is 69.4 Å². The molecule has 0 fully saturated rings. The molecule has 3 aromatic rings. The molecule has 1 aliphatic heterocycles. The summed E-state index contributed by atoms with van der Waals surface area (Å²) in [4.78, 5) is 19.6. The molecule has 0 spiro atoms. The van der Waals surface area contributed by atoms with Crippen molar-refractivity contribution in [2.24, 2.45) is 0 Å². The number of ether oxygens (including phenoxy) is 3. The van der Waals surface area contributed by atoms with Gasteiger partial charge < -0.3 is 14.2 Å². The SMILES string of the molecule is CCOC(=O)c1c(CN(C)CC2COc3ccccc3O2)nc2ccccc2c1C. The standard InChI is InChI=1S/C24H26N2O4/c1-4-28-24(27)23-16(2)18-9-5-6-10-19(18)25-20(23)14-26(3)13-17-15-29-21-11-7-8-12-22(21)30-17/h5-12,17H,4,13-15H2,1-3H3. The number of carbonyl (C=O) groups excluding carboxylic acids is 1. The number of aromatic nitrogens is 1. The van der Waals surface area contributed by atoms with Gasteiger partial charge in [0.2, 0.25) is 0 Å². The van der Waals surface area contributed by atoms with Crippen LogP contribution in [0.4, 0.5) is 0 Å². The molecule has 156 valence electrons. The van der Waals surface area contributed by atoms with E-state index >= 15 is 0 Å². The molecule has 2 heterocycles. The van der Waals surface area contributed by atoms with E-state index in [2.05, 4.69) is 4.90 Å². The molecule has 30 heavy (non-hydrogen) atoms. The van der Waals surface area contributed by atoms with E-state index in [4.69, 9.17) is 19.2 Å². The molecule has 1 aliphatic rings. The molecule has 0 radical (unpaired) electrons. The lowest BCUT2D eigenvalue weighted by Gasteiger charge is -2.29. The average Bonchev–Trinajstić information content (AvgIpc) is 2.74. The highest BCUT2D eigenvalue weighted by Crippen LogP contribution is 2.31. The van der Waals surface area contributed by atoms with Gasteiger partial charge in [-0.15, -0.1) is 0 Å². The molecule has 0 N–H and O–H groups in total. The molecular weight excluding hydrogens is 380 g/mol. The number of esters is 1. The number of pyridine rings is 1. The molecule has 0 aliphatic carbocycles. The number of hydrogen-bond acceptors (Lipinski definition) is 6. The fraction of sp³-hybridized carbons (Fsp3) is 0.333. The monoisotopic (exact) mass is 406 g/mol. The van der Waals surface area contributed by atoms with Crippen LogP contribution in [0.15, 0.2) is 48.5 Å². The molecule has 0 saturated heterocycles. The lowest BCUT2D eigenvalue weighted by molar-refractivity contribution is 0.0518. The molecule has 1 aromatic heterocycles. The van der Waals surface area contributed by atoms with E-state index in [1.165, 1.54) is 0 Å².